The highest BCUT2D eigenvalue weighted by molar-refractivity contribution is 5.94. The Labute approximate surface area is 137 Å². The molecular weight excluding hydrogens is 290 g/mol. The summed E-state index contributed by atoms with van der Waals surface area (Å²) in [5.74, 6) is -0.112. The largest absolute Gasteiger partial charge is 0.371 e. The van der Waals surface area contributed by atoms with Crippen LogP contribution in [0.3, 0.4) is 0 Å². The Morgan fingerprint density at radius 1 is 1.17 bits per heavy atom. The molecular formula is C18H25N3O2. The minimum Gasteiger partial charge on any atom is -0.371 e. The highest BCUT2D eigenvalue weighted by Gasteiger charge is 2.41. The Morgan fingerprint density at radius 3 is 2.48 bits per heavy atom. The van der Waals surface area contributed by atoms with E-state index in [-0.39, 0.29) is 17.9 Å². The zero-order valence-corrected chi connectivity index (χ0v) is 13.7. The Hall–Kier alpha value is -2.04. The molecule has 3 rings (SSSR count). The van der Waals surface area contributed by atoms with Gasteiger partial charge in [-0.25, -0.2) is 0 Å². The van der Waals surface area contributed by atoms with Gasteiger partial charge in [0.25, 0.3) is 0 Å². The maximum absolute atomic E-state index is 12.9. The first-order valence-corrected chi connectivity index (χ1v) is 8.53. The van der Waals surface area contributed by atoms with Crippen LogP contribution in [0.1, 0.15) is 44.1 Å². The molecule has 1 heterocycles. The van der Waals surface area contributed by atoms with E-state index in [0.29, 0.717) is 13.0 Å². The molecule has 0 bridgehead atoms. The minimum absolute atomic E-state index is 0.0418. The van der Waals surface area contributed by atoms with Crippen LogP contribution < -0.4 is 16.0 Å². The fourth-order valence-electron chi connectivity index (χ4n) is 3.51. The molecule has 23 heavy (non-hydrogen) atoms. The van der Waals surface area contributed by atoms with Crippen LogP contribution in [0, 0.1) is 6.92 Å². The molecule has 3 N–H and O–H groups in total. The number of amides is 2. The summed E-state index contributed by atoms with van der Waals surface area (Å²) in [5.41, 5.74) is 1.56. The van der Waals surface area contributed by atoms with Gasteiger partial charge in [0.15, 0.2) is 0 Å². The van der Waals surface area contributed by atoms with Gasteiger partial charge in [0.1, 0.15) is 11.6 Å². The predicted octanol–water partition coefficient (Wildman–Crippen LogP) is 2.11. The zero-order valence-electron chi connectivity index (χ0n) is 13.7. The average molecular weight is 315 g/mol. The van der Waals surface area contributed by atoms with Crippen molar-refractivity contribution in [3.8, 4) is 0 Å². The van der Waals surface area contributed by atoms with Crippen LogP contribution in [-0.4, -0.2) is 29.9 Å². The normalized spacial score (nSPS) is 23.2. The van der Waals surface area contributed by atoms with Crippen LogP contribution in [0.4, 0.5) is 5.69 Å². The van der Waals surface area contributed by atoms with Gasteiger partial charge in [-0.15, -0.1) is 0 Å². The van der Waals surface area contributed by atoms with Gasteiger partial charge in [-0.1, -0.05) is 37.0 Å². The third-order valence-electron chi connectivity index (χ3n) is 4.93. The van der Waals surface area contributed by atoms with Gasteiger partial charge < -0.3 is 16.0 Å². The van der Waals surface area contributed by atoms with Crippen molar-refractivity contribution in [1.29, 1.82) is 0 Å². The third kappa shape index (κ3) is 3.49. The number of anilines is 1. The van der Waals surface area contributed by atoms with Crippen molar-refractivity contribution in [2.75, 3.05) is 11.9 Å². The number of hydrogen-bond acceptors (Lipinski definition) is 3. The van der Waals surface area contributed by atoms with E-state index in [2.05, 4.69) is 16.0 Å². The smallest absolute Gasteiger partial charge is 0.246 e. The van der Waals surface area contributed by atoms with E-state index in [1.807, 2.05) is 31.2 Å². The summed E-state index contributed by atoms with van der Waals surface area (Å²) in [7, 11) is 0. The number of rotatable bonds is 4. The monoisotopic (exact) mass is 315 g/mol. The summed E-state index contributed by atoms with van der Waals surface area (Å²) in [6.45, 7) is 2.69. The Bertz CT molecular complexity index is 576. The second-order valence-corrected chi connectivity index (χ2v) is 6.74. The fourth-order valence-corrected chi connectivity index (χ4v) is 3.51. The van der Waals surface area contributed by atoms with E-state index in [1.54, 1.807) is 0 Å². The molecule has 2 fully saturated rings. The molecule has 0 radical (unpaired) electrons. The molecule has 1 saturated heterocycles. The summed E-state index contributed by atoms with van der Waals surface area (Å²) >= 11 is 0. The lowest BCUT2D eigenvalue weighted by molar-refractivity contribution is -0.130. The zero-order chi connectivity index (χ0) is 16.3. The summed E-state index contributed by atoms with van der Waals surface area (Å²) < 4.78 is 0. The third-order valence-corrected chi connectivity index (χ3v) is 4.93. The van der Waals surface area contributed by atoms with Crippen molar-refractivity contribution in [3.63, 3.8) is 0 Å². The molecule has 1 aliphatic heterocycles. The first-order chi connectivity index (χ1) is 11.1. The molecule has 2 amide bonds. The maximum atomic E-state index is 12.9. The molecule has 0 aromatic heterocycles. The van der Waals surface area contributed by atoms with Gasteiger partial charge in [0.2, 0.25) is 11.8 Å². The molecule has 2 aliphatic rings. The lowest BCUT2D eigenvalue weighted by atomic mass is 9.80. The molecule has 1 aromatic rings. The predicted molar refractivity (Wildman–Crippen MR) is 90.2 cm³/mol. The summed E-state index contributed by atoms with van der Waals surface area (Å²) in [5, 5.41) is 9.20. The number of nitrogens with one attached hydrogen (secondary N) is 3. The Morgan fingerprint density at radius 2 is 1.87 bits per heavy atom. The minimum atomic E-state index is -0.601. The van der Waals surface area contributed by atoms with Gasteiger partial charge in [-0.05, 0) is 38.3 Å². The van der Waals surface area contributed by atoms with Crippen LogP contribution in [0.15, 0.2) is 24.3 Å². The molecule has 124 valence electrons. The first-order valence-electron chi connectivity index (χ1n) is 8.53. The van der Waals surface area contributed by atoms with Crippen LogP contribution >= 0.6 is 0 Å². The Kier molecular flexibility index (Phi) is 4.55. The first kappa shape index (κ1) is 15.8. The van der Waals surface area contributed by atoms with E-state index in [1.165, 1.54) is 5.56 Å². The van der Waals surface area contributed by atoms with Crippen molar-refractivity contribution in [1.82, 2.24) is 10.6 Å². The van der Waals surface area contributed by atoms with Crippen molar-refractivity contribution in [2.45, 2.75) is 57.0 Å². The average Bonchev–Trinajstić information content (AvgIpc) is 2.96. The number of carbonyl (C=O) groups excluding carboxylic acids is 2. The van der Waals surface area contributed by atoms with Crippen molar-refractivity contribution >= 4 is 17.5 Å². The highest BCUT2D eigenvalue weighted by Crippen LogP contribution is 2.32. The number of aryl methyl sites for hydroxylation is 1. The van der Waals surface area contributed by atoms with Crippen LogP contribution in [-0.2, 0) is 9.59 Å². The topological polar surface area (TPSA) is 70.2 Å². The quantitative estimate of drug-likeness (QED) is 0.797. The molecule has 1 aliphatic carbocycles. The Balaban J connectivity index is 1.76. The van der Waals surface area contributed by atoms with Crippen LogP contribution in [0.2, 0.25) is 0 Å². The van der Waals surface area contributed by atoms with Crippen molar-refractivity contribution in [2.24, 2.45) is 0 Å². The standard InChI is InChI=1S/C18H25N3O2/c1-13-5-7-14(8-6-13)21-18(10-3-2-4-11-18)17(23)20-15-9-12-19-16(15)22/h5-8,15,21H,2-4,9-12H2,1H3,(H,19,22)(H,20,23)/t15-/m0/s1. The summed E-state index contributed by atoms with van der Waals surface area (Å²) in [6, 6.07) is 7.73. The van der Waals surface area contributed by atoms with Crippen LogP contribution in [0.5, 0.6) is 0 Å². The molecule has 1 aromatic carbocycles. The van der Waals surface area contributed by atoms with E-state index >= 15 is 0 Å². The number of benzene rings is 1. The highest BCUT2D eigenvalue weighted by atomic mass is 16.2. The van der Waals surface area contributed by atoms with E-state index in [4.69, 9.17) is 0 Å². The number of hydrogen-bond donors (Lipinski definition) is 3. The molecule has 0 unspecified atom stereocenters. The molecule has 0 spiro atoms. The van der Waals surface area contributed by atoms with Crippen molar-refractivity contribution < 1.29 is 9.59 Å². The summed E-state index contributed by atoms with van der Waals surface area (Å²) in [6.07, 6.45) is 5.51. The van der Waals surface area contributed by atoms with Gasteiger partial charge in [-0.2, -0.15) is 0 Å². The SMILES string of the molecule is Cc1ccc(NC2(C(=O)N[C@H]3CCNC3=O)CCCCC2)cc1. The van der Waals surface area contributed by atoms with Crippen molar-refractivity contribution in [3.05, 3.63) is 29.8 Å². The fraction of sp³-hybridized carbons (Fsp3) is 0.556. The molecule has 5 nitrogen and oxygen atoms in total. The van der Waals surface area contributed by atoms with Gasteiger partial charge in [0, 0.05) is 12.2 Å². The lowest BCUT2D eigenvalue weighted by Gasteiger charge is -2.38. The molecule has 1 saturated carbocycles. The summed E-state index contributed by atoms with van der Waals surface area (Å²) in [4.78, 5) is 24.7. The second kappa shape index (κ2) is 6.60. The van der Waals surface area contributed by atoms with E-state index in [0.717, 1.165) is 37.8 Å². The molecule has 5 heteroatoms. The second-order valence-electron chi connectivity index (χ2n) is 6.74. The van der Waals surface area contributed by atoms with Gasteiger partial charge in [-0.3, -0.25) is 9.59 Å². The maximum Gasteiger partial charge on any atom is 0.246 e. The van der Waals surface area contributed by atoms with Gasteiger partial charge in [0.05, 0.1) is 0 Å². The van der Waals surface area contributed by atoms with E-state index < -0.39 is 5.54 Å². The van der Waals surface area contributed by atoms with Gasteiger partial charge >= 0.3 is 0 Å². The van der Waals surface area contributed by atoms with Crippen LogP contribution in [0.25, 0.3) is 0 Å². The number of carbonyl (C=O) groups is 2. The van der Waals surface area contributed by atoms with E-state index in [9.17, 15) is 9.59 Å². The molecule has 1 atom stereocenters. The lowest BCUT2D eigenvalue weighted by Crippen LogP contribution is -2.57.